The quantitative estimate of drug-likeness (QED) is 0.687. The third-order valence-electron chi connectivity index (χ3n) is 2.98. The van der Waals surface area contributed by atoms with E-state index in [1.165, 1.54) is 11.3 Å². The maximum atomic E-state index is 12.4. The van der Waals surface area contributed by atoms with Crippen molar-refractivity contribution in [3.05, 3.63) is 56.7 Å². The molecule has 3 aromatic rings. The Kier molecular flexibility index (Phi) is 4.70. The summed E-state index contributed by atoms with van der Waals surface area (Å²) in [4.78, 5) is 24.9. The zero-order valence-corrected chi connectivity index (χ0v) is 15.0. The van der Waals surface area contributed by atoms with E-state index in [1.54, 1.807) is 29.9 Å². The van der Waals surface area contributed by atoms with E-state index in [1.807, 2.05) is 13.0 Å². The van der Waals surface area contributed by atoms with Gasteiger partial charge in [-0.15, -0.1) is 11.3 Å². The van der Waals surface area contributed by atoms with Crippen molar-refractivity contribution in [2.45, 2.75) is 6.92 Å². The Labute approximate surface area is 149 Å². The van der Waals surface area contributed by atoms with Gasteiger partial charge in [0, 0.05) is 22.2 Å². The summed E-state index contributed by atoms with van der Waals surface area (Å²) in [5, 5.41) is 5.53. The van der Waals surface area contributed by atoms with Crippen LogP contribution in [-0.4, -0.2) is 20.9 Å². The molecule has 116 valence electrons. The fourth-order valence-electron chi connectivity index (χ4n) is 1.93. The predicted octanol–water partition coefficient (Wildman–Crippen LogP) is 4.58. The lowest BCUT2D eigenvalue weighted by molar-refractivity contribution is 0.102. The van der Waals surface area contributed by atoms with Crippen molar-refractivity contribution in [2.75, 3.05) is 5.32 Å². The number of nitrogens with one attached hydrogen (secondary N) is 1. The molecule has 8 heteroatoms. The van der Waals surface area contributed by atoms with E-state index < -0.39 is 0 Å². The third-order valence-corrected chi connectivity index (χ3v) is 4.58. The maximum Gasteiger partial charge on any atom is 0.275 e. The molecular weight excluding hydrogens is 400 g/mol. The molecule has 0 aliphatic heterocycles. The Hall–Kier alpha value is -1.83. The highest BCUT2D eigenvalue weighted by Crippen LogP contribution is 2.30. The molecule has 23 heavy (non-hydrogen) atoms. The Bertz CT molecular complexity index is 846. The number of nitrogens with zero attached hydrogens (tertiary/aromatic N) is 3. The van der Waals surface area contributed by atoms with Gasteiger partial charge in [-0.1, -0.05) is 27.5 Å². The SMILES string of the molecule is Cc1cc(Br)cc(Cl)c1NC(=O)c1csc(-c2ncccn2)n1. The molecule has 0 saturated heterocycles. The van der Waals surface area contributed by atoms with Gasteiger partial charge in [0.05, 0.1) is 10.7 Å². The molecule has 1 amide bonds. The normalized spacial score (nSPS) is 10.6. The van der Waals surface area contributed by atoms with Gasteiger partial charge < -0.3 is 5.32 Å². The molecule has 2 aromatic heterocycles. The van der Waals surface area contributed by atoms with Gasteiger partial charge in [-0.2, -0.15) is 0 Å². The smallest absolute Gasteiger partial charge is 0.275 e. The minimum atomic E-state index is -0.323. The van der Waals surface area contributed by atoms with E-state index in [4.69, 9.17) is 11.6 Å². The highest BCUT2D eigenvalue weighted by atomic mass is 79.9. The van der Waals surface area contributed by atoms with Crippen LogP contribution in [-0.2, 0) is 0 Å². The van der Waals surface area contributed by atoms with Crippen molar-refractivity contribution in [1.29, 1.82) is 0 Å². The molecule has 0 unspecified atom stereocenters. The van der Waals surface area contributed by atoms with E-state index >= 15 is 0 Å². The molecule has 1 N–H and O–H groups in total. The zero-order valence-electron chi connectivity index (χ0n) is 11.9. The van der Waals surface area contributed by atoms with Crippen LogP contribution >= 0.6 is 38.9 Å². The Morgan fingerprint density at radius 3 is 2.74 bits per heavy atom. The van der Waals surface area contributed by atoms with E-state index in [0.717, 1.165) is 10.0 Å². The van der Waals surface area contributed by atoms with Crippen molar-refractivity contribution in [1.82, 2.24) is 15.0 Å². The van der Waals surface area contributed by atoms with Gasteiger partial charge in [-0.3, -0.25) is 4.79 Å². The van der Waals surface area contributed by atoms with E-state index in [9.17, 15) is 4.79 Å². The Morgan fingerprint density at radius 1 is 1.30 bits per heavy atom. The average Bonchev–Trinajstić information content (AvgIpc) is 3.01. The third kappa shape index (κ3) is 3.57. The van der Waals surface area contributed by atoms with Gasteiger partial charge in [0.15, 0.2) is 10.8 Å². The summed E-state index contributed by atoms with van der Waals surface area (Å²) in [6.45, 7) is 1.87. The number of aromatic nitrogens is 3. The topological polar surface area (TPSA) is 67.8 Å². The maximum absolute atomic E-state index is 12.4. The summed E-state index contributed by atoms with van der Waals surface area (Å²) in [6, 6.07) is 5.34. The molecule has 5 nitrogen and oxygen atoms in total. The Balaban J connectivity index is 1.84. The van der Waals surface area contributed by atoms with Gasteiger partial charge in [0.25, 0.3) is 5.91 Å². The van der Waals surface area contributed by atoms with Gasteiger partial charge >= 0.3 is 0 Å². The van der Waals surface area contributed by atoms with Crippen LogP contribution in [0.15, 0.2) is 40.4 Å². The van der Waals surface area contributed by atoms with Crippen molar-refractivity contribution >= 4 is 50.5 Å². The first-order chi connectivity index (χ1) is 11.0. The molecule has 0 radical (unpaired) electrons. The van der Waals surface area contributed by atoms with Crippen LogP contribution in [0.3, 0.4) is 0 Å². The number of aryl methyl sites for hydroxylation is 1. The molecule has 3 rings (SSSR count). The second kappa shape index (κ2) is 6.74. The summed E-state index contributed by atoms with van der Waals surface area (Å²) < 4.78 is 0.857. The standard InChI is InChI=1S/C15H10BrClN4OS/c1-8-5-9(16)6-10(17)12(8)21-14(22)11-7-23-15(20-11)13-18-3-2-4-19-13/h2-7H,1H3,(H,21,22). The predicted molar refractivity (Wildman–Crippen MR) is 95.0 cm³/mol. The van der Waals surface area contributed by atoms with Crippen LogP contribution in [0, 0.1) is 6.92 Å². The number of hydrogen-bond donors (Lipinski definition) is 1. The second-order valence-electron chi connectivity index (χ2n) is 4.64. The lowest BCUT2D eigenvalue weighted by atomic mass is 10.2. The summed E-state index contributed by atoms with van der Waals surface area (Å²) in [5.41, 5.74) is 1.74. The van der Waals surface area contributed by atoms with Gasteiger partial charge in [0.1, 0.15) is 5.69 Å². The van der Waals surface area contributed by atoms with E-state index in [2.05, 4.69) is 36.2 Å². The molecule has 2 heterocycles. The van der Waals surface area contributed by atoms with E-state index in [-0.39, 0.29) is 5.91 Å². The van der Waals surface area contributed by atoms with Crippen LogP contribution in [0.1, 0.15) is 16.1 Å². The summed E-state index contributed by atoms with van der Waals surface area (Å²) in [5.74, 6) is 0.171. The highest BCUT2D eigenvalue weighted by molar-refractivity contribution is 9.10. The van der Waals surface area contributed by atoms with Crippen molar-refractivity contribution < 1.29 is 4.79 Å². The van der Waals surface area contributed by atoms with Gasteiger partial charge in [0.2, 0.25) is 0 Å². The summed E-state index contributed by atoms with van der Waals surface area (Å²) >= 11 is 10.9. The van der Waals surface area contributed by atoms with Crippen LogP contribution in [0.5, 0.6) is 0 Å². The number of anilines is 1. The fourth-order valence-corrected chi connectivity index (χ4v) is 3.69. The van der Waals surface area contributed by atoms with Crippen LogP contribution < -0.4 is 5.32 Å². The van der Waals surface area contributed by atoms with Crippen LogP contribution in [0.2, 0.25) is 5.02 Å². The number of thiazole rings is 1. The van der Waals surface area contributed by atoms with E-state index in [0.29, 0.717) is 27.2 Å². The minimum absolute atomic E-state index is 0.302. The molecule has 0 saturated carbocycles. The molecule has 1 aromatic carbocycles. The monoisotopic (exact) mass is 408 g/mol. The van der Waals surface area contributed by atoms with Crippen LogP contribution in [0.4, 0.5) is 5.69 Å². The number of halogens is 2. The largest absolute Gasteiger partial charge is 0.319 e. The number of hydrogen-bond acceptors (Lipinski definition) is 5. The molecule has 0 bridgehead atoms. The second-order valence-corrected chi connectivity index (χ2v) is 6.82. The number of amides is 1. The first-order valence-corrected chi connectivity index (χ1v) is 8.59. The number of rotatable bonds is 3. The first-order valence-electron chi connectivity index (χ1n) is 6.54. The number of carbonyl (C=O) groups excluding carboxylic acids is 1. The Morgan fingerprint density at radius 2 is 2.04 bits per heavy atom. The number of carbonyl (C=O) groups is 1. The lowest BCUT2D eigenvalue weighted by Crippen LogP contribution is -2.13. The average molecular weight is 410 g/mol. The van der Waals surface area contributed by atoms with Gasteiger partial charge in [-0.05, 0) is 30.7 Å². The van der Waals surface area contributed by atoms with Crippen molar-refractivity contribution in [3.63, 3.8) is 0 Å². The fraction of sp³-hybridized carbons (Fsp3) is 0.0667. The first kappa shape index (κ1) is 16.0. The van der Waals surface area contributed by atoms with Crippen LogP contribution in [0.25, 0.3) is 10.8 Å². The summed E-state index contributed by atoms with van der Waals surface area (Å²) in [6.07, 6.45) is 3.27. The number of benzene rings is 1. The van der Waals surface area contributed by atoms with Gasteiger partial charge in [-0.25, -0.2) is 15.0 Å². The zero-order chi connectivity index (χ0) is 16.4. The minimum Gasteiger partial charge on any atom is -0.319 e. The molecule has 0 atom stereocenters. The molecule has 0 fully saturated rings. The van der Waals surface area contributed by atoms with Crippen molar-refractivity contribution in [3.8, 4) is 10.8 Å². The molecule has 0 aliphatic carbocycles. The summed E-state index contributed by atoms with van der Waals surface area (Å²) in [7, 11) is 0. The lowest BCUT2D eigenvalue weighted by Gasteiger charge is -2.10. The molecular formula is C15H10BrClN4OS. The highest BCUT2D eigenvalue weighted by Gasteiger charge is 2.16. The van der Waals surface area contributed by atoms with Crippen molar-refractivity contribution in [2.24, 2.45) is 0 Å². The molecule has 0 spiro atoms. The molecule has 0 aliphatic rings.